The van der Waals surface area contributed by atoms with Crippen LogP contribution in [0.5, 0.6) is 0 Å². The minimum absolute atomic E-state index is 0.0338. The quantitative estimate of drug-likeness (QED) is 0.627. The van der Waals surface area contributed by atoms with Gasteiger partial charge in [0.2, 0.25) is 0 Å². The molecule has 0 spiro atoms. The SMILES string of the molecule is O=C(O)C1CCCC(OC(=O)C2C3CCC(C3)C2C(=O)O)C1C(=O)O. The van der Waals surface area contributed by atoms with E-state index in [9.17, 15) is 34.5 Å². The lowest BCUT2D eigenvalue weighted by Gasteiger charge is -2.35. The van der Waals surface area contributed by atoms with Crippen LogP contribution in [-0.2, 0) is 23.9 Å². The minimum Gasteiger partial charge on any atom is -0.481 e. The van der Waals surface area contributed by atoms with E-state index in [1.165, 1.54) is 0 Å². The maximum Gasteiger partial charge on any atom is 0.311 e. The van der Waals surface area contributed by atoms with Gasteiger partial charge in [-0.15, -0.1) is 0 Å². The molecule has 3 fully saturated rings. The summed E-state index contributed by atoms with van der Waals surface area (Å²) < 4.78 is 5.42. The van der Waals surface area contributed by atoms with Crippen LogP contribution in [-0.4, -0.2) is 45.3 Å². The zero-order valence-corrected chi connectivity index (χ0v) is 13.7. The van der Waals surface area contributed by atoms with Gasteiger partial charge in [-0.3, -0.25) is 19.2 Å². The van der Waals surface area contributed by atoms with E-state index in [0.717, 1.165) is 12.8 Å². The number of rotatable bonds is 5. The molecule has 0 aliphatic heterocycles. The number of hydrogen-bond donors (Lipinski definition) is 3. The molecule has 0 aromatic heterocycles. The summed E-state index contributed by atoms with van der Waals surface area (Å²) in [5.41, 5.74) is 0. The number of fused-ring (bicyclic) bond motifs is 2. The molecule has 3 saturated carbocycles. The summed E-state index contributed by atoms with van der Waals surface area (Å²) in [6, 6.07) is 0. The van der Waals surface area contributed by atoms with Gasteiger partial charge in [-0.1, -0.05) is 0 Å². The molecule has 0 heterocycles. The molecular weight excluding hydrogens is 332 g/mol. The van der Waals surface area contributed by atoms with Crippen molar-refractivity contribution in [2.75, 3.05) is 0 Å². The highest BCUT2D eigenvalue weighted by atomic mass is 16.5. The highest BCUT2D eigenvalue weighted by Gasteiger charge is 2.55. The predicted molar refractivity (Wildman–Crippen MR) is 81.4 cm³/mol. The van der Waals surface area contributed by atoms with Gasteiger partial charge in [-0.2, -0.15) is 0 Å². The standard InChI is InChI=1S/C17H22O8/c18-14(19)9-2-1-3-10(13(9)16(22)23)25-17(24)12-8-5-4-7(6-8)11(12)15(20)21/h7-13H,1-6H2,(H,18,19)(H,20,21)(H,22,23). The first-order chi connectivity index (χ1) is 11.8. The van der Waals surface area contributed by atoms with E-state index in [2.05, 4.69) is 0 Å². The van der Waals surface area contributed by atoms with Crippen molar-refractivity contribution in [1.29, 1.82) is 0 Å². The topological polar surface area (TPSA) is 138 Å². The fourth-order valence-corrected chi connectivity index (χ4v) is 5.11. The van der Waals surface area contributed by atoms with Crippen molar-refractivity contribution >= 4 is 23.9 Å². The van der Waals surface area contributed by atoms with Gasteiger partial charge in [0, 0.05) is 0 Å². The van der Waals surface area contributed by atoms with Crippen LogP contribution < -0.4 is 0 Å². The van der Waals surface area contributed by atoms with Gasteiger partial charge in [0.25, 0.3) is 0 Å². The van der Waals surface area contributed by atoms with Gasteiger partial charge in [-0.25, -0.2) is 0 Å². The van der Waals surface area contributed by atoms with Crippen molar-refractivity contribution < 1.29 is 39.2 Å². The van der Waals surface area contributed by atoms with Crippen LogP contribution >= 0.6 is 0 Å². The molecule has 3 rings (SSSR count). The smallest absolute Gasteiger partial charge is 0.311 e. The largest absolute Gasteiger partial charge is 0.481 e. The predicted octanol–water partition coefficient (Wildman–Crippen LogP) is 1.23. The van der Waals surface area contributed by atoms with Crippen LogP contribution in [0.15, 0.2) is 0 Å². The summed E-state index contributed by atoms with van der Waals surface area (Å²) in [4.78, 5) is 47.0. The molecule has 138 valence electrons. The van der Waals surface area contributed by atoms with Gasteiger partial charge >= 0.3 is 23.9 Å². The Morgan fingerprint density at radius 2 is 1.32 bits per heavy atom. The number of esters is 1. The summed E-state index contributed by atoms with van der Waals surface area (Å²) in [7, 11) is 0. The second-order valence-corrected chi connectivity index (χ2v) is 7.44. The first-order valence-corrected chi connectivity index (χ1v) is 8.70. The van der Waals surface area contributed by atoms with Crippen LogP contribution in [0.25, 0.3) is 0 Å². The Labute approximate surface area is 144 Å². The number of carbonyl (C=O) groups excluding carboxylic acids is 1. The number of aliphatic carboxylic acids is 3. The van der Waals surface area contributed by atoms with Crippen LogP contribution in [0.1, 0.15) is 38.5 Å². The molecule has 0 radical (unpaired) electrons. The zero-order chi connectivity index (χ0) is 18.3. The molecular formula is C17H22O8. The Balaban J connectivity index is 1.76. The van der Waals surface area contributed by atoms with E-state index >= 15 is 0 Å². The number of carboxylic acids is 3. The molecule has 8 heteroatoms. The average Bonchev–Trinajstić information content (AvgIpc) is 3.15. The van der Waals surface area contributed by atoms with E-state index in [4.69, 9.17) is 4.74 Å². The Bertz CT molecular complexity index is 599. The van der Waals surface area contributed by atoms with E-state index in [1.54, 1.807) is 0 Å². The summed E-state index contributed by atoms with van der Waals surface area (Å²) in [6.07, 6.45) is 2.19. The molecule has 7 atom stereocenters. The van der Waals surface area contributed by atoms with E-state index in [0.29, 0.717) is 12.8 Å². The highest BCUT2D eigenvalue weighted by Crippen LogP contribution is 2.53. The Hall–Kier alpha value is -2.12. The van der Waals surface area contributed by atoms with Crippen LogP contribution in [0.3, 0.4) is 0 Å². The lowest BCUT2D eigenvalue weighted by atomic mass is 9.76. The van der Waals surface area contributed by atoms with E-state index in [1.807, 2.05) is 0 Å². The summed E-state index contributed by atoms with van der Waals surface area (Å²) in [5, 5.41) is 28.1. The van der Waals surface area contributed by atoms with Gasteiger partial charge in [0.1, 0.15) is 12.0 Å². The summed E-state index contributed by atoms with van der Waals surface area (Å²) >= 11 is 0. The minimum atomic E-state index is -1.30. The van der Waals surface area contributed by atoms with Crippen molar-refractivity contribution in [2.24, 2.45) is 35.5 Å². The summed E-state index contributed by atoms with van der Waals surface area (Å²) in [5.74, 6) is -8.21. The Morgan fingerprint density at radius 3 is 1.88 bits per heavy atom. The maximum absolute atomic E-state index is 12.6. The van der Waals surface area contributed by atoms with Gasteiger partial charge in [0.05, 0.1) is 17.8 Å². The molecule has 0 amide bonds. The summed E-state index contributed by atoms with van der Waals surface area (Å²) in [6.45, 7) is 0. The lowest BCUT2D eigenvalue weighted by molar-refractivity contribution is -0.177. The van der Waals surface area contributed by atoms with Gasteiger partial charge < -0.3 is 20.1 Å². The second-order valence-electron chi connectivity index (χ2n) is 7.44. The second kappa shape index (κ2) is 6.65. The number of carboxylic acid groups (broad SMARTS) is 3. The van der Waals surface area contributed by atoms with Gasteiger partial charge in [0.15, 0.2) is 0 Å². The van der Waals surface area contributed by atoms with E-state index < -0.39 is 53.7 Å². The zero-order valence-electron chi connectivity index (χ0n) is 13.7. The molecule has 0 aromatic carbocycles. The molecule has 3 aliphatic carbocycles. The van der Waals surface area contributed by atoms with Crippen LogP contribution in [0, 0.1) is 35.5 Å². The fourth-order valence-electron chi connectivity index (χ4n) is 5.11. The molecule has 3 N–H and O–H groups in total. The number of carbonyl (C=O) groups is 4. The molecule has 0 saturated heterocycles. The van der Waals surface area contributed by atoms with Crippen molar-refractivity contribution in [3.05, 3.63) is 0 Å². The van der Waals surface area contributed by atoms with E-state index in [-0.39, 0.29) is 24.7 Å². The first kappa shape index (κ1) is 17.7. The number of ether oxygens (including phenoxy) is 1. The maximum atomic E-state index is 12.6. The monoisotopic (exact) mass is 354 g/mol. The highest BCUT2D eigenvalue weighted by molar-refractivity contribution is 5.84. The number of hydrogen-bond acceptors (Lipinski definition) is 5. The van der Waals surface area contributed by atoms with Crippen molar-refractivity contribution in [1.82, 2.24) is 0 Å². The van der Waals surface area contributed by atoms with Crippen molar-refractivity contribution in [3.63, 3.8) is 0 Å². The Morgan fingerprint density at radius 1 is 0.720 bits per heavy atom. The van der Waals surface area contributed by atoms with Crippen LogP contribution in [0.2, 0.25) is 0 Å². The third kappa shape index (κ3) is 3.09. The molecule has 0 aromatic rings. The Kier molecular flexibility index (Phi) is 4.71. The van der Waals surface area contributed by atoms with Crippen molar-refractivity contribution in [3.8, 4) is 0 Å². The molecule has 2 bridgehead atoms. The fraction of sp³-hybridized carbons (Fsp3) is 0.765. The van der Waals surface area contributed by atoms with Crippen molar-refractivity contribution in [2.45, 2.75) is 44.6 Å². The van der Waals surface area contributed by atoms with Crippen LogP contribution in [0.4, 0.5) is 0 Å². The molecule has 7 unspecified atom stereocenters. The normalized spacial score (nSPS) is 39.8. The lowest BCUT2D eigenvalue weighted by Crippen LogP contribution is -2.46. The third-order valence-electron chi connectivity index (χ3n) is 6.18. The third-order valence-corrected chi connectivity index (χ3v) is 6.18. The molecule has 25 heavy (non-hydrogen) atoms. The van der Waals surface area contributed by atoms with Gasteiger partial charge in [-0.05, 0) is 50.4 Å². The molecule has 8 nitrogen and oxygen atoms in total. The average molecular weight is 354 g/mol. The first-order valence-electron chi connectivity index (χ1n) is 8.70. The molecule has 3 aliphatic rings.